The second-order valence-electron chi connectivity index (χ2n) is 6.56. The van der Waals surface area contributed by atoms with E-state index >= 15 is 0 Å². The predicted octanol–water partition coefficient (Wildman–Crippen LogP) is 3.77. The summed E-state index contributed by atoms with van der Waals surface area (Å²) in [6.45, 7) is 12.6. The van der Waals surface area contributed by atoms with Crippen LogP contribution in [0.15, 0.2) is 24.3 Å². The van der Waals surface area contributed by atoms with Crippen molar-refractivity contribution in [2.45, 2.75) is 52.6 Å². The summed E-state index contributed by atoms with van der Waals surface area (Å²) in [5, 5.41) is 3.73. The summed E-state index contributed by atoms with van der Waals surface area (Å²) in [5.41, 5.74) is 2.79. The molecule has 0 aromatic heterocycles. The van der Waals surface area contributed by atoms with Crippen molar-refractivity contribution in [1.82, 2.24) is 10.2 Å². The van der Waals surface area contributed by atoms with Crippen LogP contribution in [0, 0.1) is 12.8 Å². The molecular formula is C18H30N2. The third-order valence-electron chi connectivity index (χ3n) is 4.42. The summed E-state index contributed by atoms with van der Waals surface area (Å²) in [5.74, 6) is 0.842. The van der Waals surface area contributed by atoms with Crippen molar-refractivity contribution < 1.29 is 0 Å². The Labute approximate surface area is 124 Å². The highest BCUT2D eigenvalue weighted by atomic mass is 15.2. The van der Waals surface area contributed by atoms with Gasteiger partial charge in [0.25, 0.3) is 0 Å². The van der Waals surface area contributed by atoms with Crippen LogP contribution in [0.2, 0.25) is 0 Å². The lowest BCUT2D eigenvalue weighted by atomic mass is 10.0. The number of nitrogens with one attached hydrogen (secondary N) is 1. The van der Waals surface area contributed by atoms with Crippen LogP contribution < -0.4 is 5.32 Å². The third-order valence-corrected chi connectivity index (χ3v) is 4.42. The molecule has 1 N–H and O–H groups in total. The standard InChI is InChI=1S/C18H30N2/c1-5-9-19-18(17-8-6-7-14(2)11-17)13-20-12-15(3)10-16(20)4/h6-8,11,15-16,18-19H,5,9-10,12-13H2,1-4H3. The van der Waals surface area contributed by atoms with Crippen molar-refractivity contribution in [2.24, 2.45) is 5.92 Å². The molecule has 3 unspecified atom stereocenters. The van der Waals surface area contributed by atoms with E-state index < -0.39 is 0 Å². The van der Waals surface area contributed by atoms with Gasteiger partial charge in [-0.3, -0.25) is 4.90 Å². The van der Waals surface area contributed by atoms with Crippen LogP contribution in [0.25, 0.3) is 0 Å². The Hall–Kier alpha value is -0.860. The maximum absolute atomic E-state index is 3.73. The Kier molecular flexibility index (Phi) is 5.62. The molecule has 20 heavy (non-hydrogen) atoms. The summed E-state index contributed by atoms with van der Waals surface area (Å²) in [7, 11) is 0. The zero-order valence-electron chi connectivity index (χ0n) is 13.5. The molecule has 1 aliphatic heterocycles. The van der Waals surface area contributed by atoms with Gasteiger partial charge in [0.15, 0.2) is 0 Å². The quantitative estimate of drug-likeness (QED) is 0.849. The predicted molar refractivity (Wildman–Crippen MR) is 87.0 cm³/mol. The first-order chi connectivity index (χ1) is 9.60. The minimum atomic E-state index is 0.461. The van der Waals surface area contributed by atoms with Gasteiger partial charge in [0, 0.05) is 25.2 Å². The lowest BCUT2D eigenvalue weighted by Crippen LogP contribution is -2.37. The van der Waals surface area contributed by atoms with Gasteiger partial charge < -0.3 is 5.32 Å². The monoisotopic (exact) mass is 274 g/mol. The van der Waals surface area contributed by atoms with E-state index in [1.165, 1.54) is 30.5 Å². The van der Waals surface area contributed by atoms with E-state index in [-0.39, 0.29) is 0 Å². The number of rotatable bonds is 6. The molecule has 0 aliphatic carbocycles. The van der Waals surface area contributed by atoms with Crippen molar-refractivity contribution in [2.75, 3.05) is 19.6 Å². The van der Waals surface area contributed by atoms with E-state index in [9.17, 15) is 0 Å². The fraction of sp³-hybridized carbons (Fsp3) is 0.667. The molecule has 0 radical (unpaired) electrons. The van der Waals surface area contributed by atoms with E-state index in [0.717, 1.165) is 25.0 Å². The molecule has 1 fully saturated rings. The minimum Gasteiger partial charge on any atom is -0.309 e. The molecular weight excluding hydrogens is 244 g/mol. The van der Waals surface area contributed by atoms with Crippen molar-refractivity contribution >= 4 is 0 Å². The molecule has 2 heteroatoms. The average molecular weight is 274 g/mol. The lowest BCUT2D eigenvalue weighted by molar-refractivity contribution is 0.234. The third kappa shape index (κ3) is 4.07. The lowest BCUT2D eigenvalue weighted by Gasteiger charge is -2.28. The van der Waals surface area contributed by atoms with Crippen LogP contribution in [0.3, 0.4) is 0 Å². The van der Waals surface area contributed by atoms with Crippen LogP contribution >= 0.6 is 0 Å². The largest absolute Gasteiger partial charge is 0.309 e. The summed E-state index contributed by atoms with van der Waals surface area (Å²) in [4.78, 5) is 2.65. The Morgan fingerprint density at radius 2 is 2.15 bits per heavy atom. The number of hydrogen-bond acceptors (Lipinski definition) is 2. The Balaban J connectivity index is 2.07. The number of benzene rings is 1. The highest BCUT2D eigenvalue weighted by Crippen LogP contribution is 2.25. The van der Waals surface area contributed by atoms with Crippen molar-refractivity contribution in [3.63, 3.8) is 0 Å². The fourth-order valence-corrected chi connectivity index (χ4v) is 3.37. The van der Waals surface area contributed by atoms with Gasteiger partial charge in [-0.1, -0.05) is 43.7 Å². The Bertz CT molecular complexity index is 416. The van der Waals surface area contributed by atoms with E-state index in [4.69, 9.17) is 0 Å². The van der Waals surface area contributed by atoms with E-state index in [0.29, 0.717) is 6.04 Å². The van der Waals surface area contributed by atoms with Crippen LogP contribution in [-0.4, -0.2) is 30.6 Å². The van der Waals surface area contributed by atoms with Gasteiger partial charge in [0.1, 0.15) is 0 Å². The minimum absolute atomic E-state index is 0.461. The number of likely N-dealkylation sites (tertiary alicyclic amines) is 1. The van der Waals surface area contributed by atoms with Crippen molar-refractivity contribution in [3.05, 3.63) is 35.4 Å². The highest BCUT2D eigenvalue weighted by molar-refractivity contribution is 5.25. The van der Waals surface area contributed by atoms with Gasteiger partial charge in [0.05, 0.1) is 0 Å². The molecule has 0 spiro atoms. The summed E-state index contributed by atoms with van der Waals surface area (Å²) >= 11 is 0. The van der Waals surface area contributed by atoms with E-state index in [1.807, 2.05) is 0 Å². The highest BCUT2D eigenvalue weighted by Gasteiger charge is 2.28. The van der Waals surface area contributed by atoms with Crippen molar-refractivity contribution in [3.8, 4) is 0 Å². The summed E-state index contributed by atoms with van der Waals surface area (Å²) < 4.78 is 0. The van der Waals surface area contributed by atoms with Crippen LogP contribution in [-0.2, 0) is 0 Å². The zero-order valence-corrected chi connectivity index (χ0v) is 13.5. The average Bonchev–Trinajstić information content (AvgIpc) is 2.72. The molecule has 1 aromatic carbocycles. The zero-order chi connectivity index (χ0) is 14.5. The maximum atomic E-state index is 3.73. The molecule has 1 saturated heterocycles. The molecule has 3 atom stereocenters. The van der Waals surface area contributed by atoms with Gasteiger partial charge in [-0.05, 0) is 44.7 Å². The maximum Gasteiger partial charge on any atom is 0.0449 e. The Morgan fingerprint density at radius 1 is 1.35 bits per heavy atom. The van der Waals surface area contributed by atoms with Crippen LogP contribution in [0.5, 0.6) is 0 Å². The first-order valence-electron chi connectivity index (χ1n) is 8.14. The summed E-state index contributed by atoms with van der Waals surface area (Å²) in [6.07, 6.45) is 2.53. The van der Waals surface area contributed by atoms with Gasteiger partial charge >= 0.3 is 0 Å². The topological polar surface area (TPSA) is 15.3 Å². The normalized spacial score (nSPS) is 25.0. The molecule has 2 rings (SSSR count). The molecule has 0 saturated carbocycles. The second-order valence-corrected chi connectivity index (χ2v) is 6.56. The molecule has 2 nitrogen and oxygen atoms in total. The van der Waals surface area contributed by atoms with E-state index in [2.05, 4.69) is 62.2 Å². The summed E-state index contributed by atoms with van der Waals surface area (Å²) in [6, 6.07) is 10.1. The molecule has 112 valence electrons. The number of hydrogen-bond donors (Lipinski definition) is 1. The van der Waals surface area contributed by atoms with Gasteiger partial charge in [-0.15, -0.1) is 0 Å². The Morgan fingerprint density at radius 3 is 2.75 bits per heavy atom. The van der Waals surface area contributed by atoms with Crippen LogP contribution in [0.4, 0.5) is 0 Å². The molecule has 1 heterocycles. The molecule has 1 aromatic rings. The smallest absolute Gasteiger partial charge is 0.0449 e. The van der Waals surface area contributed by atoms with Crippen LogP contribution in [0.1, 0.15) is 50.8 Å². The fourth-order valence-electron chi connectivity index (χ4n) is 3.37. The van der Waals surface area contributed by atoms with Gasteiger partial charge in [-0.25, -0.2) is 0 Å². The molecule has 1 aliphatic rings. The molecule has 0 bridgehead atoms. The number of aryl methyl sites for hydroxylation is 1. The number of nitrogens with zero attached hydrogens (tertiary/aromatic N) is 1. The second kappa shape index (κ2) is 7.24. The van der Waals surface area contributed by atoms with Gasteiger partial charge in [0.2, 0.25) is 0 Å². The first-order valence-corrected chi connectivity index (χ1v) is 8.14. The van der Waals surface area contributed by atoms with Gasteiger partial charge in [-0.2, -0.15) is 0 Å². The SMILES string of the molecule is CCCNC(CN1CC(C)CC1C)c1cccc(C)c1. The molecule has 0 amide bonds. The van der Waals surface area contributed by atoms with E-state index in [1.54, 1.807) is 0 Å². The first kappa shape index (κ1) is 15.5. The van der Waals surface area contributed by atoms with Crippen molar-refractivity contribution in [1.29, 1.82) is 0 Å².